The van der Waals surface area contributed by atoms with E-state index in [0.29, 0.717) is 10.6 Å². The molecule has 34 heavy (non-hydrogen) atoms. The molecule has 4 aromatic rings. The van der Waals surface area contributed by atoms with E-state index in [2.05, 4.69) is 15.6 Å². The normalized spacial score (nSPS) is 11.9. The molecule has 0 radical (unpaired) electrons. The predicted octanol–water partition coefficient (Wildman–Crippen LogP) is 4.19. The van der Waals surface area contributed by atoms with Crippen molar-refractivity contribution in [3.8, 4) is 18.1 Å². The number of rotatable bonds is 6. The summed E-state index contributed by atoms with van der Waals surface area (Å²) in [6, 6.07) is 18.3. The van der Waals surface area contributed by atoms with Crippen molar-refractivity contribution in [3.05, 3.63) is 82.7 Å². The lowest BCUT2D eigenvalue weighted by Crippen LogP contribution is -2.17. The van der Waals surface area contributed by atoms with Crippen LogP contribution < -0.4 is 14.3 Å². The number of aryl methyl sites for hydroxylation is 1. The molecule has 1 aromatic heterocycles. The maximum Gasteiger partial charge on any atom is 0.279 e. The predicted molar refractivity (Wildman–Crippen MR) is 134 cm³/mol. The third kappa shape index (κ3) is 4.88. The summed E-state index contributed by atoms with van der Waals surface area (Å²) < 4.78 is 35.9. The second-order valence-corrected chi connectivity index (χ2v) is 10.1. The molecule has 0 aliphatic rings. The minimum absolute atomic E-state index is 0.135. The first-order valence-corrected chi connectivity index (χ1v) is 12.5. The van der Waals surface area contributed by atoms with Gasteiger partial charge in [-0.3, -0.25) is 9.52 Å². The zero-order valence-electron chi connectivity index (χ0n) is 18.5. The fourth-order valence-electron chi connectivity index (χ4n) is 3.31. The molecule has 172 valence electrons. The van der Waals surface area contributed by atoms with Crippen LogP contribution in [-0.4, -0.2) is 26.0 Å². The number of amides is 1. The number of carbonyl (C=O) groups excluding carboxylic acids is 1. The van der Waals surface area contributed by atoms with Gasteiger partial charge in [-0.2, -0.15) is 4.99 Å². The fourth-order valence-corrected chi connectivity index (χ4v) is 5.41. The number of fused-ring (bicyclic) bond motifs is 1. The molecule has 0 spiro atoms. The van der Waals surface area contributed by atoms with Crippen molar-refractivity contribution in [1.29, 1.82) is 0 Å². The van der Waals surface area contributed by atoms with Crippen molar-refractivity contribution in [2.24, 2.45) is 4.99 Å². The summed E-state index contributed by atoms with van der Waals surface area (Å²) in [4.78, 5) is 17.8. The van der Waals surface area contributed by atoms with Gasteiger partial charge in [0.05, 0.1) is 28.8 Å². The fraction of sp³-hybridized carbons (Fsp3) is 0.120. The topological polar surface area (TPSA) is 89.8 Å². The van der Waals surface area contributed by atoms with E-state index in [1.807, 2.05) is 25.1 Å². The summed E-state index contributed by atoms with van der Waals surface area (Å²) in [7, 11) is -2.21. The number of carbonyl (C=O) groups is 1. The summed E-state index contributed by atoms with van der Waals surface area (Å²) in [6.07, 6.45) is 5.53. The van der Waals surface area contributed by atoms with E-state index < -0.39 is 15.9 Å². The van der Waals surface area contributed by atoms with E-state index >= 15 is 0 Å². The number of aromatic nitrogens is 1. The van der Waals surface area contributed by atoms with Gasteiger partial charge in [-0.25, -0.2) is 8.42 Å². The highest BCUT2D eigenvalue weighted by Crippen LogP contribution is 2.23. The molecule has 0 atom stereocenters. The third-order valence-corrected chi connectivity index (χ3v) is 7.47. The number of sulfonamides is 1. The number of terminal acetylenes is 1. The number of ether oxygens (including phenoxy) is 1. The van der Waals surface area contributed by atoms with E-state index in [1.165, 1.54) is 29.5 Å². The summed E-state index contributed by atoms with van der Waals surface area (Å²) in [5.41, 5.74) is 2.30. The molecule has 9 heteroatoms. The quantitative estimate of drug-likeness (QED) is 0.410. The van der Waals surface area contributed by atoms with Crippen LogP contribution in [0.3, 0.4) is 0 Å². The Morgan fingerprint density at radius 1 is 1.15 bits per heavy atom. The van der Waals surface area contributed by atoms with Crippen LogP contribution in [0.2, 0.25) is 0 Å². The van der Waals surface area contributed by atoms with Gasteiger partial charge >= 0.3 is 0 Å². The van der Waals surface area contributed by atoms with E-state index in [9.17, 15) is 13.2 Å². The minimum atomic E-state index is -3.80. The zero-order valence-corrected chi connectivity index (χ0v) is 20.1. The van der Waals surface area contributed by atoms with Crippen molar-refractivity contribution in [2.75, 3.05) is 11.8 Å². The van der Waals surface area contributed by atoms with Gasteiger partial charge in [0.1, 0.15) is 5.75 Å². The first kappa shape index (κ1) is 23.3. The SMILES string of the molecule is C#CCn1c(=NC(=O)c2cccc(NS(=O)(=O)c3ccc(C)cc3)c2)sc2cc(OC)ccc21. The average molecular weight is 492 g/mol. The van der Waals surface area contributed by atoms with Crippen LogP contribution in [0.1, 0.15) is 15.9 Å². The Bertz CT molecular complexity index is 1590. The van der Waals surface area contributed by atoms with E-state index in [-0.39, 0.29) is 22.7 Å². The van der Waals surface area contributed by atoms with Crippen molar-refractivity contribution in [2.45, 2.75) is 18.4 Å². The van der Waals surface area contributed by atoms with Crippen LogP contribution in [0.25, 0.3) is 10.2 Å². The highest BCUT2D eigenvalue weighted by molar-refractivity contribution is 7.92. The number of nitrogens with one attached hydrogen (secondary N) is 1. The number of nitrogens with zero attached hydrogens (tertiary/aromatic N) is 2. The Labute approximate surface area is 201 Å². The summed E-state index contributed by atoms with van der Waals surface area (Å²) in [5.74, 6) is 2.76. The van der Waals surface area contributed by atoms with Crippen LogP contribution in [-0.2, 0) is 16.6 Å². The van der Waals surface area contributed by atoms with Crippen LogP contribution >= 0.6 is 11.3 Å². The van der Waals surface area contributed by atoms with Gasteiger partial charge in [0, 0.05) is 11.3 Å². The van der Waals surface area contributed by atoms with Crippen molar-refractivity contribution in [1.82, 2.24) is 4.57 Å². The van der Waals surface area contributed by atoms with Crippen molar-refractivity contribution < 1.29 is 17.9 Å². The molecule has 0 fully saturated rings. The van der Waals surface area contributed by atoms with Gasteiger partial charge in [0.15, 0.2) is 4.80 Å². The number of hydrogen-bond acceptors (Lipinski definition) is 5. The average Bonchev–Trinajstić information content (AvgIpc) is 3.15. The number of hydrogen-bond donors (Lipinski definition) is 1. The van der Waals surface area contributed by atoms with Crippen LogP contribution in [0, 0.1) is 19.3 Å². The molecule has 0 unspecified atom stereocenters. The molecule has 1 N–H and O–H groups in total. The molecule has 1 heterocycles. The number of benzene rings is 3. The van der Waals surface area contributed by atoms with E-state index in [1.54, 1.807) is 42.0 Å². The first-order valence-electron chi connectivity index (χ1n) is 10.2. The van der Waals surface area contributed by atoms with Crippen LogP contribution in [0.5, 0.6) is 5.75 Å². The van der Waals surface area contributed by atoms with Crippen LogP contribution in [0.4, 0.5) is 5.69 Å². The largest absolute Gasteiger partial charge is 0.497 e. The molecule has 4 rings (SSSR count). The maximum atomic E-state index is 13.0. The molecular weight excluding hydrogens is 470 g/mol. The Morgan fingerprint density at radius 3 is 2.62 bits per heavy atom. The lowest BCUT2D eigenvalue weighted by Gasteiger charge is -2.09. The zero-order chi connectivity index (χ0) is 24.3. The number of thiazole rings is 1. The second kappa shape index (κ2) is 9.55. The lowest BCUT2D eigenvalue weighted by atomic mass is 10.2. The molecule has 0 bridgehead atoms. The standard InChI is InChI=1S/C25H21N3O4S2/c1-4-14-28-22-13-10-20(32-3)16-23(22)33-25(28)26-24(29)18-6-5-7-19(15-18)27-34(30,31)21-11-8-17(2)9-12-21/h1,5-13,15-16,27H,14H2,2-3H3. The molecule has 0 saturated heterocycles. The van der Waals surface area contributed by atoms with E-state index in [4.69, 9.17) is 11.2 Å². The maximum absolute atomic E-state index is 13.0. The minimum Gasteiger partial charge on any atom is -0.497 e. The molecular formula is C25H21N3O4S2. The van der Waals surface area contributed by atoms with E-state index in [0.717, 1.165) is 15.8 Å². The number of methoxy groups -OCH3 is 1. The molecule has 0 aliphatic carbocycles. The van der Waals surface area contributed by atoms with Gasteiger partial charge in [0.25, 0.3) is 15.9 Å². The first-order chi connectivity index (χ1) is 16.3. The molecule has 3 aromatic carbocycles. The molecule has 0 saturated carbocycles. The smallest absolute Gasteiger partial charge is 0.279 e. The Kier molecular flexibility index (Phi) is 6.54. The molecule has 1 amide bonds. The summed E-state index contributed by atoms with van der Waals surface area (Å²) in [6.45, 7) is 2.12. The highest BCUT2D eigenvalue weighted by atomic mass is 32.2. The Balaban J connectivity index is 1.67. The number of anilines is 1. The highest BCUT2D eigenvalue weighted by Gasteiger charge is 2.15. The molecule has 7 nitrogen and oxygen atoms in total. The second-order valence-electron chi connectivity index (χ2n) is 7.42. The lowest BCUT2D eigenvalue weighted by molar-refractivity contribution is 0.0998. The van der Waals surface area contributed by atoms with Crippen LogP contribution in [0.15, 0.2) is 76.6 Å². The summed E-state index contributed by atoms with van der Waals surface area (Å²) in [5, 5.41) is 0. The van der Waals surface area contributed by atoms with Gasteiger partial charge in [-0.1, -0.05) is 41.0 Å². The van der Waals surface area contributed by atoms with Gasteiger partial charge in [0.2, 0.25) is 0 Å². The molecule has 0 aliphatic heterocycles. The third-order valence-electron chi connectivity index (χ3n) is 5.03. The Hall–Kier alpha value is -3.87. The summed E-state index contributed by atoms with van der Waals surface area (Å²) >= 11 is 1.32. The van der Waals surface area contributed by atoms with Crippen molar-refractivity contribution >= 4 is 43.2 Å². The van der Waals surface area contributed by atoms with Gasteiger partial charge < -0.3 is 9.30 Å². The Morgan fingerprint density at radius 2 is 1.91 bits per heavy atom. The van der Waals surface area contributed by atoms with Gasteiger partial charge in [-0.05, 0) is 55.5 Å². The monoisotopic (exact) mass is 491 g/mol. The van der Waals surface area contributed by atoms with Gasteiger partial charge in [-0.15, -0.1) is 6.42 Å². The van der Waals surface area contributed by atoms with Crippen molar-refractivity contribution in [3.63, 3.8) is 0 Å².